The van der Waals surface area contributed by atoms with E-state index in [1.165, 1.54) is 26.4 Å². The topological polar surface area (TPSA) is 112 Å². The van der Waals surface area contributed by atoms with E-state index in [0.717, 1.165) is 0 Å². The predicted molar refractivity (Wildman–Crippen MR) is 98.0 cm³/mol. The van der Waals surface area contributed by atoms with Crippen molar-refractivity contribution in [1.29, 1.82) is 0 Å². The molecule has 0 spiro atoms. The van der Waals surface area contributed by atoms with Crippen LogP contribution in [0.5, 0.6) is 23.0 Å². The van der Waals surface area contributed by atoms with E-state index in [0.29, 0.717) is 28.6 Å². The van der Waals surface area contributed by atoms with E-state index < -0.39 is 11.9 Å². The molecule has 2 aromatic carbocycles. The summed E-state index contributed by atoms with van der Waals surface area (Å²) < 4.78 is 20.9. The molecule has 1 aliphatic heterocycles. The molecule has 146 valence electrons. The molecule has 0 aliphatic carbocycles. The Bertz CT molecular complexity index is 961. The van der Waals surface area contributed by atoms with Crippen molar-refractivity contribution in [3.63, 3.8) is 0 Å². The van der Waals surface area contributed by atoms with Crippen LogP contribution in [0.3, 0.4) is 0 Å². The van der Waals surface area contributed by atoms with Crippen molar-refractivity contribution < 1.29 is 38.7 Å². The third kappa shape index (κ3) is 3.71. The number of aliphatic carboxylic acids is 2. The Labute approximate surface area is 160 Å². The minimum atomic E-state index is -1.36. The molecule has 2 N–H and O–H groups in total. The molecule has 0 saturated carbocycles. The Kier molecular flexibility index (Phi) is 5.39. The number of hydrogen-bond donors (Lipinski definition) is 2. The summed E-state index contributed by atoms with van der Waals surface area (Å²) in [6, 6.07) is 9.40. The number of rotatable bonds is 7. The highest BCUT2D eigenvalue weighted by atomic mass is 16.7. The van der Waals surface area contributed by atoms with Gasteiger partial charge in [-0.05, 0) is 29.3 Å². The van der Waals surface area contributed by atoms with Crippen LogP contribution in [0.2, 0.25) is 0 Å². The molecule has 0 unspecified atom stereocenters. The smallest absolute Gasteiger partial charge is 0.336 e. The van der Waals surface area contributed by atoms with Crippen molar-refractivity contribution in [2.75, 3.05) is 21.0 Å². The van der Waals surface area contributed by atoms with Crippen LogP contribution in [-0.2, 0) is 16.0 Å². The number of fused-ring (bicyclic) bond motifs is 1. The molecule has 3 rings (SSSR count). The first-order valence-electron chi connectivity index (χ1n) is 8.25. The molecule has 1 heterocycles. The molecule has 0 bridgehead atoms. The van der Waals surface area contributed by atoms with Crippen LogP contribution < -0.4 is 18.9 Å². The van der Waals surface area contributed by atoms with E-state index in [1.54, 1.807) is 24.3 Å². The lowest BCUT2D eigenvalue weighted by Gasteiger charge is -2.13. The van der Waals surface area contributed by atoms with Gasteiger partial charge in [-0.15, -0.1) is 0 Å². The molecule has 0 fully saturated rings. The second kappa shape index (κ2) is 7.91. The molecule has 0 aromatic heterocycles. The lowest BCUT2D eigenvalue weighted by atomic mass is 9.94. The van der Waals surface area contributed by atoms with Gasteiger partial charge in [0.25, 0.3) is 0 Å². The van der Waals surface area contributed by atoms with Gasteiger partial charge in [0.2, 0.25) is 6.79 Å². The van der Waals surface area contributed by atoms with E-state index in [4.69, 9.17) is 18.9 Å². The molecule has 0 atom stereocenters. The molecular weight excluding hydrogens is 368 g/mol. The van der Waals surface area contributed by atoms with Crippen LogP contribution in [0, 0.1) is 0 Å². The van der Waals surface area contributed by atoms with Crippen molar-refractivity contribution in [3.8, 4) is 23.0 Å². The van der Waals surface area contributed by atoms with Gasteiger partial charge in [-0.25, -0.2) is 9.59 Å². The van der Waals surface area contributed by atoms with Crippen LogP contribution in [0.25, 0.3) is 5.57 Å². The lowest BCUT2D eigenvalue weighted by molar-refractivity contribution is -0.134. The number of methoxy groups -OCH3 is 2. The van der Waals surface area contributed by atoms with Gasteiger partial charge in [-0.1, -0.05) is 12.1 Å². The Morgan fingerprint density at radius 1 is 0.964 bits per heavy atom. The molecule has 8 nitrogen and oxygen atoms in total. The first-order chi connectivity index (χ1) is 13.4. The minimum Gasteiger partial charge on any atom is -0.497 e. The highest BCUT2D eigenvalue weighted by molar-refractivity contribution is 6.22. The number of hydrogen-bond acceptors (Lipinski definition) is 6. The molecule has 1 aliphatic rings. The quantitative estimate of drug-likeness (QED) is 0.699. The fourth-order valence-electron chi connectivity index (χ4n) is 2.94. The highest BCUT2D eigenvalue weighted by Gasteiger charge is 2.25. The molecule has 0 saturated heterocycles. The maximum absolute atomic E-state index is 11.9. The summed E-state index contributed by atoms with van der Waals surface area (Å²) in [5, 5.41) is 19.5. The van der Waals surface area contributed by atoms with E-state index in [2.05, 4.69) is 0 Å². The van der Waals surface area contributed by atoms with E-state index in [9.17, 15) is 19.8 Å². The first kappa shape index (κ1) is 19.1. The van der Waals surface area contributed by atoms with Gasteiger partial charge >= 0.3 is 11.9 Å². The minimum absolute atomic E-state index is 0.0275. The number of ether oxygens (including phenoxy) is 4. The molecule has 2 aromatic rings. The van der Waals surface area contributed by atoms with Crippen LogP contribution in [0.1, 0.15) is 11.1 Å². The SMILES string of the molecule is COc1ccc(C/C(C(=O)O)=C(/C(=O)O)c2ccc3c(c2)OCO3)c(OC)c1. The van der Waals surface area contributed by atoms with Crippen LogP contribution in [0.4, 0.5) is 0 Å². The summed E-state index contributed by atoms with van der Waals surface area (Å²) in [5.74, 6) is -0.925. The van der Waals surface area contributed by atoms with Gasteiger partial charge < -0.3 is 29.2 Å². The highest BCUT2D eigenvalue weighted by Crippen LogP contribution is 2.36. The monoisotopic (exact) mass is 386 g/mol. The summed E-state index contributed by atoms with van der Waals surface area (Å²) in [6.45, 7) is 0.0275. The van der Waals surface area contributed by atoms with E-state index in [1.807, 2.05) is 0 Å². The van der Waals surface area contributed by atoms with Crippen LogP contribution in [-0.4, -0.2) is 43.2 Å². The van der Waals surface area contributed by atoms with E-state index >= 15 is 0 Å². The number of carboxylic acid groups (broad SMARTS) is 2. The first-order valence-corrected chi connectivity index (χ1v) is 8.25. The van der Waals surface area contributed by atoms with Crippen LogP contribution >= 0.6 is 0 Å². The number of carboxylic acids is 2. The van der Waals surface area contributed by atoms with Gasteiger partial charge in [0, 0.05) is 12.5 Å². The zero-order chi connectivity index (χ0) is 20.3. The average molecular weight is 386 g/mol. The standard InChI is InChI=1S/C20H18O8/c1-25-13-5-3-11(16(9-13)26-2)7-14(19(21)22)18(20(23)24)12-4-6-15-17(8-12)28-10-27-15/h3-6,8-9H,7,10H2,1-2H3,(H,21,22)(H,23,24)/b18-14-. The van der Waals surface area contributed by atoms with Gasteiger partial charge in [0.1, 0.15) is 11.5 Å². The summed E-state index contributed by atoms with van der Waals surface area (Å²) in [6.07, 6.45) is -0.154. The summed E-state index contributed by atoms with van der Waals surface area (Å²) in [4.78, 5) is 23.9. The fourth-order valence-corrected chi connectivity index (χ4v) is 2.94. The number of carbonyl (C=O) groups is 2. The van der Waals surface area contributed by atoms with Crippen LogP contribution in [0.15, 0.2) is 42.0 Å². The van der Waals surface area contributed by atoms with Crippen molar-refractivity contribution in [2.45, 2.75) is 6.42 Å². The summed E-state index contributed by atoms with van der Waals surface area (Å²) in [5.41, 5.74) is 0.111. The van der Waals surface area contributed by atoms with Gasteiger partial charge in [0.15, 0.2) is 11.5 Å². The Hall–Kier alpha value is -3.68. The summed E-state index contributed by atoms with van der Waals surface area (Å²) in [7, 11) is 2.94. The molecular formula is C20H18O8. The number of benzene rings is 2. The maximum atomic E-state index is 11.9. The van der Waals surface area contributed by atoms with Crippen molar-refractivity contribution in [1.82, 2.24) is 0 Å². The lowest BCUT2D eigenvalue weighted by Crippen LogP contribution is -2.13. The summed E-state index contributed by atoms with van der Waals surface area (Å²) >= 11 is 0. The van der Waals surface area contributed by atoms with Crippen molar-refractivity contribution in [2.24, 2.45) is 0 Å². The normalized spacial score (nSPS) is 12.9. The van der Waals surface area contributed by atoms with E-state index in [-0.39, 0.29) is 29.9 Å². The predicted octanol–water partition coefficient (Wildman–Crippen LogP) is 2.60. The average Bonchev–Trinajstić information content (AvgIpc) is 3.15. The molecule has 8 heteroatoms. The maximum Gasteiger partial charge on any atom is 0.336 e. The second-order valence-electron chi connectivity index (χ2n) is 5.89. The Morgan fingerprint density at radius 3 is 2.36 bits per heavy atom. The largest absolute Gasteiger partial charge is 0.497 e. The molecule has 0 amide bonds. The molecule has 28 heavy (non-hydrogen) atoms. The van der Waals surface area contributed by atoms with Gasteiger partial charge in [-0.3, -0.25) is 0 Å². The zero-order valence-electron chi connectivity index (χ0n) is 15.2. The van der Waals surface area contributed by atoms with Crippen molar-refractivity contribution >= 4 is 17.5 Å². The third-order valence-electron chi connectivity index (χ3n) is 4.30. The zero-order valence-corrected chi connectivity index (χ0v) is 15.2. The fraction of sp³-hybridized carbons (Fsp3) is 0.200. The Balaban J connectivity index is 2.10. The Morgan fingerprint density at radius 2 is 1.71 bits per heavy atom. The molecule has 0 radical (unpaired) electrons. The van der Waals surface area contributed by atoms with Crippen molar-refractivity contribution in [3.05, 3.63) is 53.1 Å². The van der Waals surface area contributed by atoms with Gasteiger partial charge in [0.05, 0.1) is 25.4 Å². The third-order valence-corrected chi connectivity index (χ3v) is 4.30. The van der Waals surface area contributed by atoms with Gasteiger partial charge in [-0.2, -0.15) is 0 Å². The second-order valence-corrected chi connectivity index (χ2v) is 5.89.